The summed E-state index contributed by atoms with van der Waals surface area (Å²) in [6.45, 7) is 3.90. The van der Waals surface area contributed by atoms with Gasteiger partial charge in [0.15, 0.2) is 12.1 Å². The first kappa shape index (κ1) is 28.3. The van der Waals surface area contributed by atoms with Crippen LogP contribution >= 0.6 is 30.8 Å². The van der Waals surface area contributed by atoms with Crippen LogP contribution in [0.1, 0.15) is 29.9 Å². The highest BCUT2D eigenvalue weighted by atomic mass is 35.5. The fourth-order valence-electron chi connectivity index (χ4n) is 4.29. The highest BCUT2D eigenvalue weighted by Crippen LogP contribution is 2.48. The van der Waals surface area contributed by atoms with Gasteiger partial charge in [-0.2, -0.15) is 0 Å². The lowest BCUT2D eigenvalue weighted by molar-refractivity contribution is 0.0992. The van der Waals surface area contributed by atoms with Crippen LogP contribution < -0.4 is 4.74 Å². The molecule has 0 fully saturated rings. The zero-order chi connectivity index (χ0) is 28.3. The van der Waals surface area contributed by atoms with E-state index in [2.05, 4.69) is 15.0 Å². The summed E-state index contributed by atoms with van der Waals surface area (Å²) in [6, 6.07) is 20.0. The highest BCUT2D eigenvalue weighted by molar-refractivity contribution is 7.53. The summed E-state index contributed by atoms with van der Waals surface area (Å²) in [4.78, 5) is 25.5. The molecule has 0 aliphatic carbocycles. The number of ether oxygens (including phenoxy) is 1. The van der Waals surface area contributed by atoms with E-state index in [-0.39, 0.29) is 41.8 Å². The summed E-state index contributed by atoms with van der Waals surface area (Å²) in [5.74, 6) is 0.686. The standard InChI is InChI=1S/C29H26Cl2N3O5P/c1-3-38-40(36,39-4-2)17-37-21-15-22(30)28(23(31)16-21)29-33-25-12-10-19(13-26(25)34-29)27(35)14-20-11-9-18-7-5-6-8-24(18)32-20/h5-13,15-16H,3-4,14,17H2,1-2H3,(H,33,34). The van der Waals surface area contributed by atoms with Crippen LogP contribution in [0.4, 0.5) is 0 Å². The number of hydrogen-bond donors (Lipinski definition) is 1. The fourth-order valence-corrected chi connectivity index (χ4v) is 6.26. The largest absolute Gasteiger partial charge is 0.481 e. The van der Waals surface area contributed by atoms with Crippen molar-refractivity contribution in [3.8, 4) is 17.1 Å². The van der Waals surface area contributed by atoms with Gasteiger partial charge in [-0.15, -0.1) is 0 Å². The van der Waals surface area contributed by atoms with E-state index in [1.807, 2.05) is 36.4 Å². The minimum atomic E-state index is -3.41. The van der Waals surface area contributed by atoms with Crippen molar-refractivity contribution in [2.75, 3.05) is 19.6 Å². The Kier molecular flexibility index (Phi) is 8.54. The van der Waals surface area contributed by atoms with Crippen LogP contribution in [-0.2, 0) is 20.0 Å². The number of H-pyrrole nitrogens is 1. The Bertz CT molecular complexity index is 1720. The Labute approximate surface area is 241 Å². The molecule has 2 heterocycles. The van der Waals surface area contributed by atoms with Crippen LogP contribution in [-0.4, -0.2) is 40.3 Å². The number of nitrogens with one attached hydrogen (secondary N) is 1. The molecule has 1 N–H and O–H groups in total. The van der Waals surface area contributed by atoms with Gasteiger partial charge < -0.3 is 18.8 Å². The molecule has 0 bridgehead atoms. The molecule has 0 saturated heterocycles. The molecule has 206 valence electrons. The van der Waals surface area contributed by atoms with Crippen molar-refractivity contribution in [1.29, 1.82) is 0 Å². The molecule has 0 saturated carbocycles. The predicted octanol–water partition coefficient (Wildman–Crippen LogP) is 8.11. The van der Waals surface area contributed by atoms with Crippen molar-refractivity contribution in [3.63, 3.8) is 0 Å². The zero-order valence-corrected chi connectivity index (χ0v) is 24.2. The summed E-state index contributed by atoms with van der Waals surface area (Å²) >= 11 is 13.1. The lowest BCUT2D eigenvalue weighted by Gasteiger charge is -2.18. The minimum Gasteiger partial charge on any atom is -0.481 e. The van der Waals surface area contributed by atoms with Crippen molar-refractivity contribution in [1.82, 2.24) is 15.0 Å². The summed E-state index contributed by atoms with van der Waals surface area (Å²) in [5.41, 5.74) is 3.87. The SMILES string of the molecule is CCOP(=O)(COc1cc(Cl)c(-c2nc3ccc(C(=O)Cc4ccc5ccccc5n4)cc3[nH]2)c(Cl)c1)OCC. The number of benzene rings is 3. The molecule has 2 aromatic heterocycles. The molecule has 0 atom stereocenters. The molecule has 11 heteroatoms. The Morgan fingerprint density at radius 2 is 1.62 bits per heavy atom. The van der Waals surface area contributed by atoms with E-state index >= 15 is 0 Å². The lowest BCUT2D eigenvalue weighted by atomic mass is 10.0. The molecule has 0 radical (unpaired) electrons. The van der Waals surface area contributed by atoms with Gasteiger partial charge >= 0.3 is 7.60 Å². The molecule has 0 spiro atoms. The number of imidazole rings is 1. The predicted molar refractivity (Wildman–Crippen MR) is 158 cm³/mol. The number of Topliss-reactive ketones (excluding diaryl/α,β-unsaturated/α-hetero) is 1. The van der Waals surface area contributed by atoms with E-state index < -0.39 is 7.60 Å². The van der Waals surface area contributed by atoms with Gasteiger partial charge in [-0.05, 0) is 56.3 Å². The van der Waals surface area contributed by atoms with E-state index in [4.69, 9.17) is 37.0 Å². The second kappa shape index (κ2) is 12.1. The average molecular weight is 598 g/mol. The molecule has 3 aromatic carbocycles. The van der Waals surface area contributed by atoms with Crippen LogP contribution in [0, 0.1) is 0 Å². The highest BCUT2D eigenvalue weighted by Gasteiger charge is 2.25. The van der Waals surface area contributed by atoms with Crippen LogP contribution in [0.2, 0.25) is 10.0 Å². The van der Waals surface area contributed by atoms with Gasteiger partial charge in [-0.1, -0.05) is 47.5 Å². The maximum atomic E-state index is 13.1. The summed E-state index contributed by atoms with van der Waals surface area (Å²) in [6.07, 6.45) is -0.104. The number of halogens is 2. The first-order valence-corrected chi connectivity index (χ1v) is 15.1. The maximum absolute atomic E-state index is 13.1. The molecule has 5 aromatic rings. The number of pyridine rings is 1. The summed E-state index contributed by atoms with van der Waals surface area (Å²) < 4.78 is 28.9. The average Bonchev–Trinajstić information content (AvgIpc) is 3.34. The maximum Gasteiger partial charge on any atom is 0.367 e. The number of carbonyl (C=O) groups excluding carboxylic acids is 1. The third-order valence-corrected chi connectivity index (χ3v) is 8.44. The number of nitrogens with zero attached hydrogens (tertiary/aromatic N) is 2. The molecule has 5 rings (SSSR count). The van der Waals surface area contributed by atoms with Gasteiger partial charge in [0.2, 0.25) is 0 Å². The van der Waals surface area contributed by atoms with E-state index in [0.717, 1.165) is 10.9 Å². The summed E-state index contributed by atoms with van der Waals surface area (Å²) in [7, 11) is -3.41. The van der Waals surface area contributed by atoms with Gasteiger partial charge in [0.1, 0.15) is 11.6 Å². The van der Waals surface area contributed by atoms with Gasteiger partial charge in [-0.25, -0.2) is 4.98 Å². The number of hydrogen-bond acceptors (Lipinski definition) is 7. The molecule has 0 amide bonds. The van der Waals surface area contributed by atoms with Gasteiger partial charge in [0, 0.05) is 16.6 Å². The van der Waals surface area contributed by atoms with Crippen LogP contribution in [0.3, 0.4) is 0 Å². The molecule has 0 unspecified atom stereocenters. The van der Waals surface area contributed by atoms with Crippen molar-refractivity contribution in [2.24, 2.45) is 0 Å². The minimum absolute atomic E-state index is 0.0604. The van der Waals surface area contributed by atoms with Gasteiger partial charge in [-0.3, -0.25) is 14.3 Å². The van der Waals surface area contributed by atoms with Crippen molar-refractivity contribution >= 4 is 58.5 Å². The van der Waals surface area contributed by atoms with E-state index in [1.165, 1.54) is 0 Å². The number of carbonyl (C=O) groups is 1. The Morgan fingerprint density at radius 1 is 0.900 bits per heavy atom. The zero-order valence-electron chi connectivity index (χ0n) is 21.8. The number of aromatic amines is 1. The van der Waals surface area contributed by atoms with E-state index in [9.17, 15) is 9.36 Å². The molecular formula is C29H26Cl2N3O5P. The Morgan fingerprint density at radius 3 is 2.35 bits per heavy atom. The smallest absolute Gasteiger partial charge is 0.367 e. The second-order valence-electron chi connectivity index (χ2n) is 8.89. The van der Waals surface area contributed by atoms with Crippen molar-refractivity contribution < 1.29 is 23.1 Å². The molecule has 0 aliphatic rings. The Balaban J connectivity index is 1.35. The van der Waals surface area contributed by atoms with Crippen molar-refractivity contribution in [3.05, 3.63) is 88.0 Å². The lowest BCUT2D eigenvalue weighted by Crippen LogP contribution is -2.05. The normalized spacial score (nSPS) is 11.8. The first-order chi connectivity index (χ1) is 19.3. The first-order valence-electron chi connectivity index (χ1n) is 12.7. The number of aromatic nitrogens is 3. The van der Waals surface area contributed by atoms with Gasteiger partial charge in [0.25, 0.3) is 0 Å². The number of ketones is 1. The number of para-hydroxylation sites is 1. The molecule has 8 nitrogen and oxygen atoms in total. The molecular weight excluding hydrogens is 572 g/mol. The van der Waals surface area contributed by atoms with Crippen LogP contribution in [0.15, 0.2) is 66.7 Å². The number of fused-ring (bicyclic) bond motifs is 2. The quantitative estimate of drug-likeness (QED) is 0.121. The number of rotatable bonds is 11. The molecule has 40 heavy (non-hydrogen) atoms. The van der Waals surface area contributed by atoms with E-state index in [0.29, 0.717) is 39.4 Å². The Hall–Kier alpha value is -3.26. The van der Waals surface area contributed by atoms with E-state index in [1.54, 1.807) is 44.2 Å². The van der Waals surface area contributed by atoms with Crippen molar-refractivity contribution in [2.45, 2.75) is 20.3 Å². The molecule has 0 aliphatic heterocycles. The third-order valence-electron chi connectivity index (χ3n) is 6.09. The van der Waals surface area contributed by atoms with Gasteiger partial charge in [0.05, 0.1) is 51.8 Å². The topological polar surface area (TPSA) is 103 Å². The van der Waals surface area contributed by atoms with Crippen LogP contribution in [0.25, 0.3) is 33.3 Å². The fraction of sp³-hybridized carbons (Fsp3) is 0.207. The summed E-state index contributed by atoms with van der Waals surface area (Å²) in [5, 5.41) is 1.59. The van der Waals surface area contributed by atoms with Crippen LogP contribution in [0.5, 0.6) is 5.75 Å². The second-order valence-corrected chi connectivity index (χ2v) is 11.7. The monoisotopic (exact) mass is 597 g/mol. The third kappa shape index (κ3) is 6.22.